The van der Waals surface area contributed by atoms with Crippen LogP contribution in [0.25, 0.3) is 0 Å². The zero-order valence-corrected chi connectivity index (χ0v) is 10.4. The Morgan fingerprint density at radius 2 is 1.80 bits per heavy atom. The number of nitrogens with zero attached hydrogens (tertiary/aromatic N) is 1. The highest BCUT2D eigenvalue weighted by Gasteiger charge is 2.25. The zero-order valence-electron chi connectivity index (χ0n) is 9.60. The van der Waals surface area contributed by atoms with Crippen LogP contribution in [0.3, 0.4) is 0 Å². The van der Waals surface area contributed by atoms with Gasteiger partial charge in [0, 0.05) is 13.1 Å². The summed E-state index contributed by atoms with van der Waals surface area (Å²) in [5, 5.41) is 8.42. The van der Waals surface area contributed by atoms with E-state index >= 15 is 0 Å². The lowest BCUT2D eigenvalue weighted by molar-refractivity contribution is -0.136. The van der Waals surface area contributed by atoms with Crippen molar-refractivity contribution in [3.63, 3.8) is 0 Å². The lowest BCUT2D eigenvalue weighted by Gasteiger charge is -2.26. The number of aliphatic carboxylic acids is 1. The second-order valence-corrected chi connectivity index (χ2v) is 6.11. The molecule has 0 aliphatic rings. The smallest absolute Gasteiger partial charge is 0.304 e. The fourth-order valence-electron chi connectivity index (χ4n) is 1.03. The first-order valence-corrected chi connectivity index (χ1v) is 6.47. The van der Waals surface area contributed by atoms with E-state index in [1.54, 1.807) is 0 Å². The van der Waals surface area contributed by atoms with Crippen LogP contribution in [0.2, 0.25) is 0 Å². The first-order valence-electron chi connectivity index (χ1n) is 4.86. The summed E-state index contributed by atoms with van der Waals surface area (Å²) in [7, 11) is -1.96. The summed E-state index contributed by atoms with van der Waals surface area (Å²) in [4.78, 5) is 10.3. The van der Waals surface area contributed by atoms with Crippen molar-refractivity contribution in [1.82, 2.24) is 4.31 Å². The molecule has 6 heteroatoms. The number of rotatable bonds is 6. The highest BCUT2D eigenvalue weighted by Crippen LogP contribution is 2.13. The molecule has 0 saturated carbocycles. The van der Waals surface area contributed by atoms with Crippen molar-refractivity contribution in [2.45, 2.75) is 33.2 Å². The fraction of sp³-hybridized carbons (Fsp3) is 0.889. The first kappa shape index (κ1) is 14.4. The van der Waals surface area contributed by atoms with Gasteiger partial charge in [0.2, 0.25) is 10.0 Å². The van der Waals surface area contributed by atoms with Crippen LogP contribution in [0.4, 0.5) is 0 Å². The molecule has 0 aliphatic carbocycles. The maximum absolute atomic E-state index is 11.6. The molecule has 0 radical (unpaired) electrons. The SMILES string of the molecule is CC(C)C(C)N(C)S(=O)(=O)CCC(=O)O. The van der Waals surface area contributed by atoms with Gasteiger partial charge in [-0.1, -0.05) is 13.8 Å². The van der Waals surface area contributed by atoms with E-state index in [1.807, 2.05) is 20.8 Å². The summed E-state index contributed by atoms with van der Waals surface area (Å²) in [6.07, 6.45) is -0.350. The van der Waals surface area contributed by atoms with Crippen molar-refractivity contribution in [2.75, 3.05) is 12.8 Å². The Kier molecular flexibility index (Phi) is 5.23. The molecule has 0 aromatic heterocycles. The van der Waals surface area contributed by atoms with Crippen molar-refractivity contribution in [3.05, 3.63) is 0 Å². The fourth-order valence-corrected chi connectivity index (χ4v) is 2.50. The van der Waals surface area contributed by atoms with Gasteiger partial charge >= 0.3 is 5.97 Å². The quantitative estimate of drug-likeness (QED) is 0.740. The van der Waals surface area contributed by atoms with Gasteiger partial charge in [0.05, 0.1) is 12.2 Å². The first-order chi connectivity index (χ1) is 6.68. The van der Waals surface area contributed by atoms with Gasteiger partial charge in [-0.15, -0.1) is 0 Å². The molecule has 15 heavy (non-hydrogen) atoms. The van der Waals surface area contributed by atoms with Crippen LogP contribution in [-0.2, 0) is 14.8 Å². The van der Waals surface area contributed by atoms with E-state index in [1.165, 1.54) is 11.4 Å². The predicted octanol–water partition coefficient (Wildman–Crippen LogP) is 0.767. The van der Waals surface area contributed by atoms with Crippen LogP contribution in [-0.4, -0.2) is 42.6 Å². The standard InChI is InChI=1S/C9H19NO4S/c1-7(2)8(3)10(4)15(13,14)6-5-9(11)12/h7-8H,5-6H2,1-4H3,(H,11,12). The summed E-state index contributed by atoms with van der Waals surface area (Å²) in [6.45, 7) is 5.66. The zero-order chi connectivity index (χ0) is 12.2. The monoisotopic (exact) mass is 237 g/mol. The Hall–Kier alpha value is -0.620. The van der Waals surface area contributed by atoms with Gasteiger partial charge in [-0.05, 0) is 12.8 Å². The van der Waals surface area contributed by atoms with Gasteiger partial charge in [-0.3, -0.25) is 4.79 Å². The molecule has 0 bridgehead atoms. The van der Waals surface area contributed by atoms with Crippen LogP contribution in [0.5, 0.6) is 0 Å². The van der Waals surface area contributed by atoms with Crippen molar-refractivity contribution in [2.24, 2.45) is 5.92 Å². The van der Waals surface area contributed by atoms with Crippen LogP contribution >= 0.6 is 0 Å². The van der Waals surface area contributed by atoms with Crippen molar-refractivity contribution in [1.29, 1.82) is 0 Å². The van der Waals surface area contributed by atoms with Gasteiger partial charge in [-0.25, -0.2) is 12.7 Å². The topological polar surface area (TPSA) is 74.7 Å². The van der Waals surface area contributed by atoms with E-state index in [4.69, 9.17) is 5.11 Å². The van der Waals surface area contributed by atoms with Crippen LogP contribution in [0, 0.1) is 5.92 Å². The molecule has 5 nitrogen and oxygen atoms in total. The minimum atomic E-state index is -3.45. The number of hydrogen-bond donors (Lipinski definition) is 1. The maximum atomic E-state index is 11.6. The Morgan fingerprint density at radius 1 is 1.33 bits per heavy atom. The van der Waals surface area contributed by atoms with Crippen molar-refractivity contribution < 1.29 is 18.3 Å². The molecule has 90 valence electrons. The molecule has 1 atom stereocenters. The Balaban J connectivity index is 4.52. The van der Waals surface area contributed by atoms with Gasteiger partial charge in [0.25, 0.3) is 0 Å². The molecule has 0 rings (SSSR count). The van der Waals surface area contributed by atoms with E-state index in [-0.39, 0.29) is 24.1 Å². The summed E-state index contributed by atoms with van der Waals surface area (Å²) in [6, 6.07) is -0.121. The average Bonchev–Trinajstić information content (AvgIpc) is 2.12. The van der Waals surface area contributed by atoms with Crippen molar-refractivity contribution >= 4 is 16.0 Å². The van der Waals surface area contributed by atoms with E-state index in [2.05, 4.69) is 0 Å². The largest absolute Gasteiger partial charge is 0.481 e. The highest BCUT2D eigenvalue weighted by atomic mass is 32.2. The molecule has 1 unspecified atom stereocenters. The molecule has 0 heterocycles. The van der Waals surface area contributed by atoms with Gasteiger partial charge < -0.3 is 5.11 Å². The molecular weight excluding hydrogens is 218 g/mol. The molecular formula is C9H19NO4S. The molecule has 0 amide bonds. The number of sulfonamides is 1. The third-order valence-corrected chi connectivity index (χ3v) is 4.48. The molecule has 1 N–H and O–H groups in total. The van der Waals surface area contributed by atoms with Crippen LogP contribution < -0.4 is 0 Å². The van der Waals surface area contributed by atoms with E-state index in [0.717, 1.165) is 0 Å². The normalized spacial score (nSPS) is 14.5. The molecule has 0 aromatic carbocycles. The Labute approximate surface area is 91.1 Å². The summed E-state index contributed by atoms with van der Waals surface area (Å²) in [5.41, 5.74) is 0. The lowest BCUT2D eigenvalue weighted by atomic mass is 10.1. The lowest BCUT2D eigenvalue weighted by Crippen LogP contribution is -2.39. The number of hydrogen-bond acceptors (Lipinski definition) is 3. The number of carbonyl (C=O) groups is 1. The Morgan fingerprint density at radius 3 is 2.13 bits per heavy atom. The third kappa shape index (κ3) is 4.61. The summed E-state index contributed by atoms with van der Waals surface area (Å²) < 4.78 is 24.5. The van der Waals surface area contributed by atoms with E-state index in [9.17, 15) is 13.2 Å². The molecule has 0 aromatic rings. The van der Waals surface area contributed by atoms with E-state index in [0.29, 0.717) is 0 Å². The predicted molar refractivity (Wildman–Crippen MR) is 58.1 cm³/mol. The minimum Gasteiger partial charge on any atom is -0.481 e. The second-order valence-electron chi connectivity index (χ2n) is 3.96. The van der Waals surface area contributed by atoms with Gasteiger partial charge in [-0.2, -0.15) is 0 Å². The van der Waals surface area contributed by atoms with Gasteiger partial charge in [0.15, 0.2) is 0 Å². The number of carboxylic acid groups (broad SMARTS) is 1. The summed E-state index contributed by atoms with van der Waals surface area (Å²) in [5.74, 6) is -1.23. The van der Waals surface area contributed by atoms with Crippen LogP contribution in [0.15, 0.2) is 0 Å². The maximum Gasteiger partial charge on any atom is 0.304 e. The van der Waals surface area contributed by atoms with Gasteiger partial charge in [0.1, 0.15) is 0 Å². The minimum absolute atomic E-state index is 0.121. The van der Waals surface area contributed by atoms with Crippen molar-refractivity contribution in [3.8, 4) is 0 Å². The molecule has 0 saturated heterocycles. The number of carboxylic acids is 1. The summed E-state index contributed by atoms with van der Waals surface area (Å²) >= 11 is 0. The molecule has 0 aliphatic heterocycles. The molecule has 0 fully saturated rings. The third-order valence-electron chi connectivity index (χ3n) is 2.55. The average molecular weight is 237 g/mol. The molecule has 0 spiro atoms. The van der Waals surface area contributed by atoms with E-state index < -0.39 is 16.0 Å². The Bertz CT molecular complexity index is 310. The highest BCUT2D eigenvalue weighted by molar-refractivity contribution is 7.89. The second kappa shape index (κ2) is 5.46. The van der Waals surface area contributed by atoms with Crippen LogP contribution in [0.1, 0.15) is 27.2 Å².